The number of halogens is 6. The minimum absolute atomic E-state index is 0.0251. The maximum absolute atomic E-state index is 13.9. The monoisotopic (exact) mass is 560 g/mol. The third-order valence-corrected chi connectivity index (χ3v) is 6.69. The number of nitrogens with one attached hydrogen (secondary N) is 1. The van der Waals surface area contributed by atoms with Gasteiger partial charge in [0.1, 0.15) is 11.2 Å². The van der Waals surface area contributed by atoms with Gasteiger partial charge < -0.3 is 26.6 Å². The molecule has 6 N–H and O–H groups in total. The lowest BCUT2D eigenvalue weighted by Gasteiger charge is -2.39. The second-order valence-corrected chi connectivity index (χ2v) is 9.10. The summed E-state index contributed by atoms with van der Waals surface area (Å²) < 4.78 is 88.8. The van der Waals surface area contributed by atoms with E-state index in [1.807, 2.05) is 5.32 Å². The van der Waals surface area contributed by atoms with Crippen molar-refractivity contribution in [1.29, 1.82) is 0 Å². The number of aryl methyl sites for hydroxylation is 1. The number of carbonyl (C=O) groups excluding carboxylic acids is 2. The number of hydrogen-bond donors (Lipinski definition) is 4. The number of aromatic nitrogens is 3. The van der Waals surface area contributed by atoms with Crippen LogP contribution < -0.4 is 16.8 Å². The zero-order chi connectivity index (χ0) is 29.0. The van der Waals surface area contributed by atoms with Crippen molar-refractivity contribution < 1.29 is 45.8 Å². The number of nitrogen functional groups attached to an aromatic ring is 1. The molecule has 3 aromatic rings. The summed E-state index contributed by atoms with van der Waals surface area (Å²) in [5, 5.41) is 12.2. The van der Waals surface area contributed by atoms with Gasteiger partial charge in [-0.25, -0.2) is 9.97 Å². The van der Waals surface area contributed by atoms with E-state index in [4.69, 9.17) is 16.2 Å². The van der Waals surface area contributed by atoms with Crippen LogP contribution in [0.5, 0.6) is 0 Å². The van der Waals surface area contributed by atoms with Crippen LogP contribution in [-0.2, 0) is 15.1 Å². The first kappa shape index (κ1) is 28.1. The lowest BCUT2D eigenvalue weighted by molar-refractivity contribution is -0.255. The Morgan fingerprint density at radius 2 is 1.79 bits per heavy atom. The van der Waals surface area contributed by atoms with Crippen molar-refractivity contribution in [3.63, 3.8) is 0 Å². The van der Waals surface area contributed by atoms with Gasteiger partial charge in [0.25, 0.3) is 17.4 Å². The van der Waals surface area contributed by atoms with E-state index in [2.05, 4.69) is 9.97 Å². The van der Waals surface area contributed by atoms with Crippen LogP contribution in [0.2, 0.25) is 0 Å². The Balaban J connectivity index is 1.82. The molecule has 10 nitrogen and oxygen atoms in total. The molecule has 0 spiro atoms. The van der Waals surface area contributed by atoms with E-state index in [1.54, 1.807) is 0 Å². The van der Waals surface area contributed by atoms with Crippen LogP contribution in [0.15, 0.2) is 30.6 Å². The number of nitrogens with zero attached hydrogens (tertiary/aromatic N) is 3. The summed E-state index contributed by atoms with van der Waals surface area (Å²) in [7, 11) is 0. The van der Waals surface area contributed by atoms with Gasteiger partial charge in [-0.1, -0.05) is 12.1 Å². The van der Waals surface area contributed by atoms with Crippen molar-refractivity contribution in [1.82, 2.24) is 19.7 Å². The van der Waals surface area contributed by atoms with Gasteiger partial charge in [-0.3, -0.25) is 14.0 Å². The fourth-order valence-corrected chi connectivity index (χ4v) is 4.37. The molecule has 39 heavy (non-hydrogen) atoms. The highest BCUT2D eigenvalue weighted by molar-refractivity contribution is 5.94. The first-order valence-corrected chi connectivity index (χ1v) is 11.3. The predicted octanol–water partition coefficient (Wildman–Crippen LogP) is 2.36. The van der Waals surface area contributed by atoms with Crippen LogP contribution in [-0.4, -0.2) is 62.4 Å². The molecule has 0 bridgehead atoms. The fraction of sp³-hybridized carbons (Fsp3) is 0.391. The molecule has 2 aromatic heterocycles. The van der Waals surface area contributed by atoms with Gasteiger partial charge in [-0.05, 0) is 18.6 Å². The normalized spacial score (nSPS) is 17.5. The lowest BCUT2D eigenvalue weighted by Crippen LogP contribution is -2.61. The largest absolute Gasteiger partial charge is 0.430 e. The highest BCUT2D eigenvalue weighted by atomic mass is 19.4. The quantitative estimate of drug-likeness (QED) is 0.349. The van der Waals surface area contributed by atoms with Gasteiger partial charge in [0, 0.05) is 43.4 Å². The van der Waals surface area contributed by atoms with E-state index in [9.17, 15) is 41.0 Å². The minimum Gasteiger partial charge on any atom is -0.381 e. The predicted molar refractivity (Wildman–Crippen MR) is 123 cm³/mol. The molecule has 0 aliphatic carbocycles. The molecule has 2 amide bonds. The number of benzene rings is 1. The van der Waals surface area contributed by atoms with Crippen molar-refractivity contribution in [2.75, 3.05) is 18.9 Å². The standard InChI is InChI=1S/C23H22F6N6O4/c1-11-2-3-12(21(38,19(31)37)23(27,28)29)8-13(11)15-9-32-17-16(30)33-14(10-35(15)17)18(36)34-20(22(24,25)26)4-6-39-7-5-20/h2-3,8-10,38H,4-7H2,1H3,(H2,30,33)(H2,31,37)(H,34,36). The number of alkyl halides is 6. The van der Waals surface area contributed by atoms with Crippen LogP contribution >= 0.6 is 0 Å². The number of imidazole rings is 1. The number of amides is 2. The molecule has 1 atom stereocenters. The second kappa shape index (κ2) is 9.37. The van der Waals surface area contributed by atoms with Gasteiger partial charge in [0.2, 0.25) is 0 Å². The molecule has 16 heteroatoms. The molecular formula is C23H22F6N6O4. The summed E-state index contributed by atoms with van der Waals surface area (Å²) in [6, 6.07) is 2.94. The number of hydrogen-bond acceptors (Lipinski definition) is 7. The molecule has 1 aliphatic rings. The molecule has 3 heterocycles. The smallest absolute Gasteiger partial charge is 0.381 e. The number of fused-ring (bicyclic) bond motifs is 1. The average Bonchev–Trinajstić information content (AvgIpc) is 3.27. The lowest BCUT2D eigenvalue weighted by atomic mass is 9.89. The van der Waals surface area contributed by atoms with Crippen molar-refractivity contribution in [3.05, 3.63) is 47.4 Å². The van der Waals surface area contributed by atoms with Gasteiger partial charge in [-0.15, -0.1) is 0 Å². The number of carbonyl (C=O) groups is 2. The van der Waals surface area contributed by atoms with Crippen LogP contribution in [0.3, 0.4) is 0 Å². The average molecular weight is 560 g/mol. The number of rotatable bonds is 5. The number of primary amides is 1. The van der Waals surface area contributed by atoms with E-state index in [-0.39, 0.29) is 35.9 Å². The Bertz CT molecular complexity index is 1450. The van der Waals surface area contributed by atoms with E-state index in [1.165, 1.54) is 19.2 Å². The topological polar surface area (TPSA) is 158 Å². The number of ether oxygens (including phenoxy) is 1. The van der Waals surface area contributed by atoms with Crippen LogP contribution in [0.4, 0.5) is 32.2 Å². The Kier molecular flexibility index (Phi) is 6.75. The van der Waals surface area contributed by atoms with E-state index < -0.39 is 59.4 Å². The highest BCUT2D eigenvalue weighted by Crippen LogP contribution is 2.41. The molecular weight excluding hydrogens is 538 g/mol. The maximum atomic E-state index is 13.9. The third kappa shape index (κ3) is 4.63. The van der Waals surface area contributed by atoms with Crippen LogP contribution in [0.25, 0.3) is 16.9 Å². The fourth-order valence-electron chi connectivity index (χ4n) is 4.37. The van der Waals surface area contributed by atoms with Crippen molar-refractivity contribution >= 4 is 23.3 Å². The van der Waals surface area contributed by atoms with E-state index >= 15 is 0 Å². The second-order valence-electron chi connectivity index (χ2n) is 9.10. The van der Waals surface area contributed by atoms with Crippen LogP contribution in [0, 0.1) is 6.92 Å². The maximum Gasteiger partial charge on any atom is 0.430 e. The van der Waals surface area contributed by atoms with Crippen molar-refractivity contribution in [2.45, 2.75) is 43.3 Å². The minimum atomic E-state index is -5.46. The Hall–Kier alpha value is -3.92. The highest BCUT2D eigenvalue weighted by Gasteiger charge is 2.60. The zero-order valence-corrected chi connectivity index (χ0v) is 20.2. The molecule has 4 rings (SSSR count). The summed E-state index contributed by atoms with van der Waals surface area (Å²) in [5.41, 5.74) is 3.18. The third-order valence-electron chi connectivity index (χ3n) is 6.69. The van der Waals surface area contributed by atoms with Gasteiger partial charge in [-0.2, -0.15) is 26.3 Å². The molecule has 1 saturated heterocycles. The molecule has 0 radical (unpaired) electrons. The van der Waals surface area contributed by atoms with Gasteiger partial charge >= 0.3 is 12.4 Å². The SMILES string of the molecule is Cc1ccc(C(O)(C(N)=O)C(F)(F)F)cc1-c1cnc2c(N)nc(C(=O)NC3(C(F)(F)F)CCOCC3)cn12. The molecule has 0 saturated carbocycles. The number of nitrogens with two attached hydrogens (primary N) is 2. The zero-order valence-electron chi connectivity index (χ0n) is 20.2. The molecule has 1 unspecified atom stereocenters. The van der Waals surface area contributed by atoms with E-state index in [0.29, 0.717) is 5.56 Å². The molecule has 210 valence electrons. The molecule has 1 fully saturated rings. The number of aliphatic hydroxyl groups is 1. The van der Waals surface area contributed by atoms with Crippen molar-refractivity contribution in [3.8, 4) is 11.3 Å². The first-order valence-electron chi connectivity index (χ1n) is 11.3. The summed E-state index contributed by atoms with van der Waals surface area (Å²) in [5.74, 6) is -3.60. The Labute approximate surface area is 216 Å². The van der Waals surface area contributed by atoms with Crippen LogP contribution in [0.1, 0.15) is 34.5 Å². The summed E-state index contributed by atoms with van der Waals surface area (Å²) >= 11 is 0. The summed E-state index contributed by atoms with van der Waals surface area (Å²) in [4.78, 5) is 32.5. The number of anilines is 1. The summed E-state index contributed by atoms with van der Waals surface area (Å²) in [6.07, 6.45) is -9.09. The molecule has 1 aromatic carbocycles. The first-order chi connectivity index (χ1) is 18.0. The van der Waals surface area contributed by atoms with Gasteiger partial charge in [0.05, 0.1) is 11.9 Å². The summed E-state index contributed by atoms with van der Waals surface area (Å²) in [6.45, 7) is 1.04. The Morgan fingerprint density at radius 1 is 1.15 bits per heavy atom. The Morgan fingerprint density at radius 3 is 2.36 bits per heavy atom. The molecule has 1 aliphatic heterocycles. The van der Waals surface area contributed by atoms with Gasteiger partial charge in [0.15, 0.2) is 11.5 Å². The van der Waals surface area contributed by atoms with Crippen molar-refractivity contribution in [2.24, 2.45) is 5.73 Å². The van der Waals surface area contributed by atoms with E-state index in [0.717, 1.165) is 22.7 Å².